The SMILES string of the molecule is CCn1nc(Cc2ccccc2)cc1C1CCN(CC[C@H](NS(=O)(=O)c2cccs2)c2ccccc2)CC1.O=C(C(=O)C(F)(F)F)C(F)(F)F. The Morgan fingerprint density at radius 2 is 1.48 bits per heavy atom. The van der Waals surface area contributed by atoms with Gasteiger partial charge in [0.1, 0.15) is 4.21 Å². The number of aromatic nitrogens is 2. The number of carbonyl (C=O) groups excluding carboxylic acids is 2. The second kappa shape index (κ2) is 16.9. The Hall–Kier alpha value is -3.86. The van der Waals surface area contributed by atoms with Crippen molar-refractivity contribution in [3.63, 3.8) is 0 Å². The van der Waals surface area contributed by atoms with Gasteiger partial charge >= 0.3 is 23.9 Å². The van der Waals surface area contributed by atoms with Gasteiger partial charge in [-0.2, -0.15) is 31.4 Å². The summed E-state index contributed by atoms with van der Waals surface area (Å²) >= 11 is 1.25. The monoisotopic (exact) mass is 742 g/mol. The van der Waals surface area contributed by atoms with Crippen molar-refractivity contribution < 1.29 is 44.3 Å². The first-order valence-corrected chi connectivity index (χ1v) is 18.1. The van der Waals surface area contributed by atoms with Crippen LogP contribution < -0.4 is 4.72 Å². The number of benzene rings is 2. The summed E-state index contributed by atoms with van der Waals surface area (Å²) in [6.07, 6.45) is -7.77. The summed E-state index contributed by atoms with van der Waals surface area (Å²) in [5.41, 5.74) is 4.78. The van der Waals surface area contributed by atoms with E-state index < -0.39 is 33.9 Å². The van der Waals surface area contributed by atoms with Gasteiger partial charge in [-0.15, -0.1) is 11.3 Å². The standard InChI is InChI=1S/C30H36N4O2S2.C4F6O2/c1-2-34-29(23-27(31-34)22-24-10-5-3-6-11-24)26-15-18-33(19-16-26)20-17-28(25-12-7-4-8-13-25)32-38(35,36)30-14-9-21-37-30;5-3(6,7)1(11)2(12)4(8,9)10/h3-14,21,23,26,28,32H,2,15-20,22H2,1H3;/t28-;/m0./s1. The van der Waals surface area contributed by atoms with Crippen molar-refractivity contribution in [2.45, 2.75) is 67.7 Å². The number of carbonyl (C=O) groups is 2. The number of Topliss-reactive ketones (excluding diaryl/α,β-unsaturated/α-hetero) is 2. The Kier molecular flexibility index (Phi) is 13.2. The third kappa shape index (κ3) is 10.8. The molecule has 2 aromatic carbocycles. The second-order valence-corrected chi connectivity index (χ2v) is 14.5. The average Bonchev–Trinajstić information content (AvgIpc) is 3.78. The van der Waals surface area contributed by atoms with Crippen LogP contribution in [0.4, 0.5) is 26.3 Å². The highest BCUT2D eigenvalue weighted by molar-refractivity contribution is 7.91. The lowest BCUT2D eigenvalue weighted by Crippen LogP contribution is -2.39. The highest BCUT2D eigenvalue weighted by Gasteiger charge is 2.54. The maximum absolute atomic E-state index is 13.0. The quantitative estimate of drug-likeness (QED) is 0.123. The van der Waals surface area contributed by atoms with Crippen LogP contribution >= 0.6 is 11.3 Å². The normalized spacial score (nSPS) is 15.3. The van der Waals surface area contributed by atoms with E-state index in [9.17, 15) is 44.3 Å². The smallest absolute Gasteiger partial charge is 0.303 e. The number of rotatable bonds is 12. The molecule has 16 heteroatoms. The van der Waals surface area contributed by atoms with Gasteiger partial charge in [0, 0.05) is 30.6 Å². The molecule has 0 unspecified atom stereocenters. The molecule has 50 heavy (non-hydrogen) atoms. The summed E-state index contributed by atoms with van der Waals surface area (Å²) in [5.74, 6) is -6.31. The molecule has 0 amide bonds. The molecule has 0 saturated carbocycles. The first-order chi connectivity index (χ1) is 23.6. The van der Waals surface area contributed by atoms with Crippen LogP contribution in [0.15, 0.2) is 88.5 Å². The number of aryl methyl sites for hydroxylation is 1. The van der Waals surface area contributed by atoms with Crippen LogP contribution in [0.2, 0.25) is 0 Å². The number of ketones is 2. The fourth-order valence-electron chi connectivity index (χ4n) is 5.62. The molecule has 2 aromatic heterocycles. The molecule has 1 fully saturated rings. The zero-order valence-corrected chi connectivity index (χ0v) is 28.6. The van der Waals surface area contributed by atoms with E-state index in [0.717, 1.165) is 63.1 Å². The van der Waals surface area contributed by atoms with Gasteiger partial charge in [-0.3, -0.25) is 14.3 Å². The second-order valence-electron chi connectivity index (χ2n) is 11.6. The minimum Gasteiger partial charge on any atom is -0.303 e. The van der Waals surface area contributed by atoms with E-state index in [1.165, 1.54) is 22.6 Å². The summed E-state index contributed by atoms with van der Waals surface area (Å²) in [4.78, 5) is 21.7. The lowest BCUT2D eigenvalue weighted by atomic mass is 9.92. The van der Waals surface area contributed by atoms with E-state index in [1.807, 2.05) is 36.4 Å². The molecule has 8 nitrogen and oxygen atoms in total. The molecule has 0 spiro atoms. The van der Waals surface area contributed by atoms with Crippen LogP contribution in [0.3, 0.4) is 0 Å². The Balaban J connectivity index is 0.000000402. The molecule has 1 aliphatic rings. The van der Waals surface area contributed by atoms with Gasteiger partial charge in [-0.05, 0) is 74.5 Å². The molecule has 1 aliphatic heterocycles. The third-order valence-corrected chi connectivity index (χ3v) is 11.0. The molecule has 0 aliphatic carbocycles. The number of alkyl halides is 6. The summed E-state index contributed by atoms with van der Waals surface area (Å²) < 4.78 is 98.4. The number of hydrogen-bond acceptors (Lipinski definition) is 7. The molecule has 0 radical (unpaired) electrons. The van der Waals surface area contributed by atoms with Gasteiger partial charge in [-0.1, -0.05) is 66.7 Å². The molecule has 0 bridgehead atoms. The summed E-state index contributed by atoms with van der Waals surface area (Å²) in [6.45, 7) is 5.91. The number of thiophene rings is 1. The van der Waals surface area contributed by atoms with Crippen LogP contribution in [-0.2, 0) is 32.6 Å². The van der Waals surface area contributed by atoms with Gasteiger partial charge in [0.15, 0.2) is 0 Å². The zero-order valence-electron chi connectivity index (χ0n) is 27.0. The van der Waals surface area contributed by atoms with Crippen molar-refractivity contribution >= 4 is 32.9 Å². The number of hydrogen-bond donors (Lipinski definition) is 1. The lowest BCUT2D eigenvalue weighted by molar-refractivity contribution is -0.193. The van der Waals surface area contributed by atoms with Crippen LogP contribution in [0, 0.1) is 0 Å². The van der Waals surface area contributed by atoms with Crippen molar-refractivity contribution in [1.29, 1.82) is 0 Å². The Morgan fingerprint density at radius 1 is 0.900 bits per heavy atom. The molecule has 1 N–H and O–H groups in total. The van der Waals surface area contributed by atoms with E-state index in [4.69, 9.17) is 5.10 Å². The topological polar surface area (TPSA) is 101 Å². The number of piperidine rings is 1. The minimum atomic E-state index is -5.77. The van der Waals surface area contributed by atoms with E-state index in [2.05, 4.69) is 51.6 Å². The number of halogens is 6. The van der Waals surface area contributed by atoms with Crippen LogP contribution in [0.5, 0.6) is 0 Å². The molecule has 5 rings (SSSR count). The number of sulfonamides is 1. The molecule has 3 heterocycles. The van der Waals surface area contributed by atoms with Gasteiger partial charge in [-0.25, -0.2) is 13.1 Å². The van der Waals surface area contributed by atoms with Gasteiger partial charge in [0.2, 0.25) is 0 Å². The number of nitrogens with one attached hydrogen (secondary N) is 1. The average molecular weight is 743 g/mol. The zero-order chi connectivity index (χ0) is 36.5. The van der Waals surface area contributed by atoms with E-state index >= 15 is 0 Å². The highest BCUT2D eigenvalue weighted by Crippen LogP contribution is 2.31. The molecule has 1 atom stereocenters. The van der Waals surface area contributed by atoms with Crippen LogP contribution in [-0.4, -0.2) is 66.7 Å². The van der Waals surface area contributed by atoms with Crippen molar-refractivity contribution in [2.24, 2.45) is 0 Å². The van der Waals surface area contributed by atoms with Crippen molar-refractivity contribution in [3.8, 4) is 0 Å². The fraction of sp³-hybridized carbons (Fsp3) is 0.382. The van der Waals surface area contributed by atoms with Crippen molar-refractivity contribution in [3.05, 3.63) is 107 Å². The van der Waals surface area contributed by atoms with E-state index in [1.54, 1.807) is 17.5 Å². The molecule has 270 valence electrons. The van der Waals surface area contributed by atoms with Crippen molar-refractivity contribution in [2.75, 3.05) is 19.6 Å². The molecule has 4 aromatic rings. The Bertz CT molecular complexity index is 1760. The first-order valence-electron chi connectivity index (χ1n) is 15.7. The number of nitrogens with zero attached hydrogens (tertiary/aromatic N) is 3. The molecule has 1 saturated heterocycles. The van der Waals surface area contributed by atoms with Gasteiger partial charge in [0.25, 0.3) is 10.0 Å². The minimum absolute atomic E-state index is 0.261. The summed E-state index contributed by atoms with van der Waals surface area (Å²) in [6, 6.07) is 25.9. The predicted molar refractivity (Wildman–Crippen MR) is 176 cm³/mol. The van der Waals surface area contributed by atoms with Gasteiger partial charge < -0.3 is 4.90 Å². The first kappa shape index (κ1) is 38.9. The van der Waals surface area contributed by atoms with E-state index in [-0.39, 0.29) is 6.04 Å². The fourth-order valence-corrected chi connectivity index (χ4v) is 7.89. The van der Waals surface area contributed by atoms with Crippen molar-refractivity contribution in [1.82, 2.24) is 19.4 Å². The largest absolute Gasteiger partial charge is 0.458 e. The lowest BCUT2D eigenvalue weighted by Gasteiger charge is -2.33. The Labute approximate surface area is 290 Å². The third-order valence-electron chi connectivity index (χ3n) is 8.11. The van der Waals surface area contributed by atoms with Crippen LogP contribution in [0.1, 0.15) is 60.7 Å². The van der Waals surface area contributed by atoms with E-state index in [0.29, 0.717) is 10.1 Å². The maximum Gasteiger partial charge on any atom is 0.458 e. The maximum atomic E-state index is 13.0. The number of likely N-dealkylation sites (tertiary alicyclic amines) is 1. The molecular formula is C34H36F6N4O4S2. The highest BCUT2D eigenvalue weighted by atomic mass is 32.2. The summed E-state index contributed by atoms with van der Waals surface area (Å²) in [7, 11) is -3.55. The Morgan fingerprint density at radius 3 is 2.00 bits per heavy atom. The van der Waals surface area contributed by atoms with Crippen LogP contribution in [0.25, 0.3) is 0 Å². The predicted octanol–water partition coefficient (Wildman–Crippen LogP) is 7.09. The summed E-state index contributed by atoms with van der Waals surface area (Å²) in [5, 5.41) is 6.70. The molecular weight excluding hydrogens is 707 g/mol. The van der Waals surface area contributed by atoms with Gasteiger partial charge in [0.05, 0.1) is 5.69 Å².